The Balaban J connectivity index is 1.54. The van der Waals surface area contributed by atoms with Crippen LogP contribution in [0.3, 0.4) is 0 Å². The number of para-hydroxylation sites is 1. The van der Waals surface area contributed by atoms with Gasteiger partial charge in [0.1, 0.15) is 6.10 Å². The van der Waals surface area contributed by atoms with Gasteiger partial charge in [0.2, 0.25) is 0 Å². The van der Waals surface area contributed by atoms with Crippen molar-refractivity contribution in [1.29, 1.82) is 0 Å². The van der Waals surface area contributed by atoms with Crippen molar-refractivity contribution >= 4 is 23.4 Å². The molecule has 5 heteroatoms. The first kappa shape index (κ1) is 20.6. The van der Waals surface area contributed by atoms with E-state index in [0.29, 0.717) is 12.3 Å². The van der Waals surface area contributed by atoms with Crippen LogP contribution in [-0.4, -0.2) is 27.8 Å². The molecule has 4 rings (SSSR count). The Morgan fingerprint density at radius 2 is 1.97 bits per heavy atom. The molecule has 1 aliphatic carbocycles. The van der Waals surface area contributed by atoms with Crippen LogP contribution in [0.1, 0.15) is 39.3 Å². The lowest BCUT2D eigenvalue weighted by Gasteiger charge is -2.45. The van der Waals surface area contributed by atoms with Crippen molar-refractivity contribution < 1.29 is 14.6 Å². The van der Waals surface area contributed by atoms with E-state index >= 15 is 0 Å². The summed E-state index contributed by atoms with van der Waals surface area (Å²) in [5.74, 6) is 0.0152. The summed E-state index contributed by atoms with van der Waals surface area (Å²) in [6, 6.07) is 14.0. The fraction of sp³-hybridized carbons (Fsp3) is 0.440. The molecule has 1 unspecified atom stereocenters. The average molecular weight is 407 g/mol. The molecule has 0 radical (unpaired) electrons. The number of hydrogen-bond acceptors (Lipinski definition) is 5. The summed E-state index contributed by atoms with van der Waals surface area (Å²) >= 11 is 0. The van der Waals surface area contributed by atoms with Crippen LogP contribution in [0.15, 0.2) is 54.7 Å². The van der Waals surface area contributed by atoms with Crippen LogP contribution in [0.2, 0.25) is 0 Å². The monoisotopic (exact) mass is 406 g/mol. The van der Waals surface area contributed by atoms with Crippen molar-refractivity contribution in [2.24, 2.45) is 23.7 Å². The van der Waals surface area contributed by atoms with Gasteiger partial charge in [-0.15, -0.1) is 0 Å². The third-order valence-corrected chi connectivity index (χ3v) is 6.79. The van der Waals surface area contributed by atoms with Gasteiger partial charge in [0.05, 0.1) is 17.6 Å². The molecule has 0 spiro atoms. The number of carbonyl (C=O) groups excluding carboxylic acids is 1. The van der Waals surface area contributed by atoms with E-state index in [9.17, 15) is 9.90 Å². The minimum Gasteiger partial charge on any atom is -0.460 e. The number of aromatic nitrogens is 1. The maximum Gasteiger partial charge on any atom is 0.338 e. The van der Waals surface area contributed by atoms with Crippen LogP contribution < -0.4 is 5.32 Å². The maximum atomic E-state index is 12.4. The number of fused-ring (bicyclic) bond motifs is 1. The van der Waals surface area contributed by atoms with Crippen molar-refractivity contribution in [2.75, 3.05) is 5.32 Å². The number of cyclic esters (lactones) is 1. The fourth-order valence-electron chi connectivity index (χ4n) is 5.42. The van der Waals surface area contributed by atoms with E-state index in [2.05, 4.69) is 30.2 Å². The van der Waals surface area contributed by atoms with Gasteiger partial charge >= 0.3 is 5.97 Å². The van der Waals surface area contributed by atoms with Crippen LogP contribution in [-0.2, 0) is 9.53 Å². The van der Waals surface area contributed by atoms with E-state index in [-0.39, 0.29) is 23.9 Å². The number of nitrogens with one attached hydrogen (secondary N) is 1. The molecule has 5 nitrogen and oxygen atoms in total. The summed E-state index contributed by atoms with van der Waals surface area (Å²) in [6.07, 6.45) is 7.13. The van der Waals surface area contributed by atoms with E-state index in [4.69, 9.17) is 4.74 Å². The largest absolute Gasteiger partial charge is 0.460 e. The summed E-state index contributed by atoms with van der Waals surface area (Å²) in [5.41, 5.74) is 1.41. The number of anilines is 2. The van der Waals surface area contributed by atoms with Crippen LogP contribution in [0.5, 0.6) is 0 Å². The smallest absolute Gasteiger partial charge is 0.338 e. The number of pyridine rings is 1. The molecule has 1 aromatic carbocycles. The van der Waals surface area contributed by atoms with E-state index in [0.717, 1.165) is 23.5 Å². The molecule has 2 fully saturated rings. The Kier molecular flexibility index (Phi) is 5.65. The standard InChI is InChI=1S/C25H30N2O3/c1-4-21-16(2)14-25(29)23(17(3)30-24(25)28)22(21)13-12-18-10-11-20(15-26-18)27-19-8-6-5-7-9-19/h5-13,15-17,21-23,27,29H,4,14H2,1-3H3/b13-12+/t16-,17+,21?,22-,23-,25-/m0/s1. The van der Waals surface area contributed by atoms with Gasteiger partial charge in [0.25, 0.3) is 0 Å². The van der Waals surface area contributed by atoms with Gasteiger partial charge in [0.15, 0.2) is 5.60 Å². The number of aliphatic hydroxyl groups is 1. The Bertz CT molecular complexity index is 912. The molecule has 6 atom stereocenters. The third-order valence-electron chi connectivity index (χ3n) is 6.79. The lowest BCUT2D eigenvalue weighted by Crippen LogP contribution is -2.53. The predicted octanol–water partition coefficient (Wildman–Crippen LogP) is 4.81. The first-order valence-corrected chi connectivity index (χ1v) is 10.8. The number of rotatable bonds is 5. The van der Waals surface area contributed by atoms with Crippen LogP contribution in [0, 0.1) is 23.7 Å². The van der Waals surface area contributed by atoms with Crippen molar-refractivity contribution in [3.63, 3.8) is 0 Å². The second-order valence-electron chi connectivity index (χ2n) is 8.71. The topological polar surface area (TPSA) is 71.5 Å². The van der Waals surface area contributed by atoms with Crippen LogP contribution in [0.4, 0.5) is 11.4 Å². The van der Waals surface area contributed by atoms with Gasteiger partial charge in [-0.3, -0.25) is 4.98 Å². The zero-order valence-electron chi connectivity index (χ0n) is 17.8. The molecule has 158 valence electrons. The second kappa shape index (κ2) is 8.23. The van der Waals surface area contributed by atoms with E-state index < -0.39 is 11.6 Å². The highest BCUT2D eigenvalue weighted by Crippen LogP contribution is 2.52. The molecule has 2 heterocycles. The highest BCUT2D eigenvalue weighted by atomic mass is 16.6. The Morgan fingerprint density at radius 1 is 1.20 bits per heavy atom. The molecular weight excluding hydrogens is 376 g/mol. The Labute approximate surface area is 178 Å². The minimum absolute atomic E-state index is 0.0640. The Hall–Kier alpha value is -2.66. The van der Waals surface area contributed by atoms with Crippen molar-refractivity contribution in [2.45, 2.75) is 45.3 Å². The summed E-state index contributed by atoms with van der Waals surface area (Å²) in [6.45, 7) is 6.20. The van der Waals surface area contributed by atoms with Gasteiger partial charge in [-0.2, -0.15) is 0 Å². The summed E-state index contributed by atoms with van der Waals surface area (Å²) in [4.78, 5) is 16.9. The Morgan fingerprint density at radius 3 is 2.63 bits per heavy atom. The molecule has 2 aliphatic rings. The number of ether oxygens (including phenoxy) is 1. The normalized spacial score (nSPS) is 33.3. The number of allylic oxidation sites excluding steroid dienone is 1. The van der Waals surface area contributed by atoms with Gasteiger partial charge in [-0.25, -0.2) is 4.79 Å². The summed E-state index contributed by atoms with van der Waals surface area (Å²) in [7, 11) is 0. The molecule has 1 aliphatic heterocycles. The van der Waals surface area contributed by atoms with Gasteiger partial charge < -0.3 is 15.2 Å². The minimum atomic E-state index is -1.38. The number of benzene rings is 1. The molecule has 1 saturated heterocycles. The number of nitrogens with zero attached hydrogens (tertiary/aromatic N) is 1. The van der Waals surface area contributed by atoms with Gasteiger partial charge in [0, 0.05) is 11.6 Å². The van der Waals surface area contributed by atoms with Crippen LogP contribution >= 0.6 is 0 Å². The van der Waals surface area contributed by atoms with E-state index in [1.165, 1.54) is 0 Å². The molecule has 0 amide bonds. The first-order valence-electron chi connectivity index (χ1n) is 10.8. The van der Waals surface area contributed by atoms with Crippen molar-refractivity contribution in [3.05, 3.63) is 60.4 Å². The highest BCUT2D eigenvalue weighted by Gasteiger charge is 2.62. The molecule has 1 aromatic heterocycles. The quantitative estimate of drug-likeness (QED) is 0.697. The maximum absolute atomic E-state index is 12.4. The SMILES string of the molecule is CCC1[C@@H](C)C[C@@]2(O)C(=O)O[C@H](C)[C@H]2[C@H]1/C=C/c1ccc(Nc2ccccc2)cn1. The molecule has 30 heavy (non-hydrogen) atoms. The van der Waals surface area contributed by atoms with E-state index in [1.807, 2.05) is 61.7 Å². The van der Waals surface area contributed by atoms with E-state index in [1.54, 1.807) is 0 Å². The second-order valence-corrected chi connectivity index (χ2v) is 8.71. The predicted molar refractivity (Wildman–Crippen MR) is 118 cm³/mol. The molecule has 2 N–H and O–H groups in total. The summed E-state index contributed by atoms with van der Waals surface area (Å²) < 4.78 is 5.46. The molecule has 0 bridgehead atoms. The fourth-order valence-corrected chi connectivity index (χ4v) is 5.42. The molecule has 1 saturated carbocycles. The lowest BCUT2D eigenvalue weighted by molar-refractivity contribution is -0.160. The lowest BCUT2D eigenvalue weighted by atomic mass is 9.59. The third kappa shape index (κ3) is 3.74. The summed E-state index contributed by atoms with van der Waals surface area (Å²) in [5, 5.41) is 14.5. The number of hydrogen-bond donors (Lipinski definition) is 2. The highest BCUT2D eigenvalue weighted by molar-refractivity contribution is 5.82. The number of carbonyl (C=O) groups is 1. The van der Waals surface area contributed by atoms with Gasteiger partial charge in [-0.1, -0.05) is 44.5 Å². The van der Waals surface area contributed by atoms with Crippen molar-refractivity contribution in [3.8, 4) is 0 Å². The van der Waals surface area contributed by atoms with Crippen molar-refractivity contribution in [1.82, 2.24) is 4.98 Å². The average Bonchev–Trinajstić information content (AvgIpc) is 2.95. The number of esters is 1. The van der Waals surface area contributed by atoms with Gasteiger partial charge in [-0.05, 0) is 61.4 Å². The van der Waals surface area contributed by atoms with Crippen LogP contribution in [0.25, 0.3) is 6.08 Å². The molecular formula is C25H30N2O3. The first-order chi connectivity index (χ1) is 14.4. The molecule has 2 aromatic rings. The zero-order chi connectivity index (χ0) is 21.3. The zero-order valence-corrected chi connectivity index (χ0v) is 17.8.